The zero-order valence-electron chi connectivity index (χ0n) is 20.3. The molecule has 2 heterocycles. The van der Waals surface area contributed by atoms with E-state index in [0.717, 1.165) is 33.3 Å². The van der Waals surface area contributed by atoms with Crippen molar-refractivity contribution < 1.29 is 14.7 Å². The van der Waals surface area contributed by atoms with E-state index in [1.165, 1.54) is 22.3 Å². The lowest BCUT2D eigenvalue weighted by molar-refractivity contribution is 0.0696. The molecule has 186 valence electrons. The second-order valence-electron chi connectivity index (χ2n) is 9.16. The van der Waals surface area contributed by atoms with E-state index < -0.39 is 5.97 Å². The second kappa shape index (κ2) is 9.95. The van der Waals surface area contributed by atoms with Gasteiger partial charge in [0.15, 0.2) is 0 Å². The summed E-state index contributed by atoms with van der Waals surface area (Å²) in [6.45, 7) is 0.911. The van der Waals surface area contributed by atoms with Crippen molar-refractivity contribution >= 4 is 45.1 Å². The molecule has 0 spiro atoms. The molecule has 0 aliphatic rings. The van der Waals surface area contributed by atoms with Gasteiger partial charge in [0.05, 0.1) is 22.3 Å². The average Bonchev–Trinajstić information content (AvgIpc) is 3.62. The van der Waals surface area contributed by atoms with Gasteiger partial charge >= 0.3 is 5.97 Å². The van der Waals surface area contributed by atoms with Gasteiger partial charge in [-0.15, -0.1) is 0 Å². The maximum Gasteiger partial charge on any atom is 0.335 e. The Morgan fingerprint density at radius 1 is 0.842 bits per heavy atom. The maximum absolute atomic E-state index is 13.6. The molecule has 0 aliphatic carbocycles. The fraction of sp³-hybridized carbons (Fsp3) is 0.0645. The minimum atomic E-state index is -0.978. The van der Waals surface area contributed by atoms with Crippen LogP contribution in [0.3, 0.4) is 0 Å². The highest BCUT2D eigenvalue weighted by Gasteiger charge is 2.17. The number of carbonyl (C=O) groups is 2. The molecule has 38 heavy (non-hydrogen) atoms. The number of nitrogens with zero attached hydrogens (tertiary/aromatic N) is 2. The number of hydrogen-bond acceptors (Lipinski definition) is 4. The van der Waals surface area contributed by atoms with Gasteiger partial charge in [-0.25, -0.2) is 4.79 Å². The van der Waals surface area contributed by atoms with Crippen LogP contribution in [0.15, 0.2) is 103 Å². The first-order valence-corrected chi connectivity index (χ1v) is 13.0. The van der Waals surface area contributed by atoms with Crippen molar-refractivity contribution in [1.29, 1.82) is 0 Å². The highest BCUT2D eigenvalue weighted by molar-refractivity contribution is 7.03. The third-order valence-corrected chi connectivity index (χ3v) is 7.22. The molecule has 0 bridgehead atoms. The summed E-state index contributed by atoms with van der Waals surface area (Å²) in [5, 5.41) is 17.4. The molecule has 6 rings (SSSR count). The van der Waals surface area contributed by atoms with Crippen molar-refractivity contribution in [1.82, 2.24) is 14.3 Å². The van der Waals surface area contributed by atoms with Gasteiger partial charge in [-0.2, -0.15) is 4.37 Å². The Morgan fingerprint density at radius 3 is 2.39 bits per heavy atom. The minimum absolute atomic E-state index is 0.201. The Morgan fingerprint density at radius 2 is 1.63 bits per heavy atom. The largest absolute Gasteiger partial charge is 0.478 e. The number of fused-ring (bicyclic) bond motifs is 2. The Balaban J connectivity index is 1.35. The van der Waals surface area contributed by atoms with Crippen molar-refractivity contribution in [2.75, 3.05) is 0 Å². The first-order valence-electron chi connectivity index (χ1n) is 12.2. The van der Waals surface area contributed by atoms with Crippen LogP contribution in [0.1, 0.15) is 31.8 Å². The molecule has 1 amide bonds. The van der Waals surface area contributed by atoms with Gasteiger partial charge in [-0.3, -0.25) is 4.79 Å². The summed E-state index contributed by atoms with van der Waals surface area (Å²) in [5.74, 6) is -1.18. The van der Waals surface area contributed by atoms with E-state index in [9.17, 15) is 9.59 Å². The summed E-state index contributed by atoms with van der Waals surface area (Å²) in [7, 11) is 0. The average molecular weight is 518 g/mol. The number of carbonyl (C=O) groups excluding carboxylic acids is 1. The number of amides is 1. The molecular formula is C31H23N3O3S. The minimum Gasteiger partial charge on any atom is -0.478 e. The third kappa shape index (κ3) is 4.67. The van der Waals surface area contributed by atoms with E-state index in [-0.39, 0.29) is 18.0 Å². The SMILES string of the molecule is O=C(O)c1ccc(CNC(=O)c2cc(-c3ccsn3)cc3ccn(Cc4ccc5ccccc5c4)c23)cc1. The summed E-state index contributed by atoms with van der Waals surface area (Å²) in [5.41, 5.74) is 5.32. The van der Waals surface area contributed by atoms with Crippen LogP contribution in [-0.4, -0.2) is 25.9 Å². The van der Waals surface area contributed by atoms with E-state index in [1.54, 1.807) is 24.3 Å². The molecule has 4 aromatic carbocycles. The Bertz CT molecular complexity index is 1790. The topological polar surface area (TPSA) is 84.2 Å². The zero-order valence-corrected chi connectivity index (χ0v) is 21.1. The Labute approximate surface area is 223 Å². The number of aromatic nitrogens is 2. The van der Waals surface area contributed by atoms with E-state index in [2.05, 4.69) is 50.7 Å². The lowest BCUT2D eigenvalue weighted by Crippen LogP contribution is -2.23. The van der Waals surface area contributed by atoms with Crippen LogP contribution in [0.5, 0.6) is 0 Å². The molecule has 0 radical (unpaired) electrons. The predicted molar refractivity (Wildman–Crippen MR) is 151 cm³/mol. The highest BCUT2D eigenvalue weighted by Crippen LogP contribution is 2.30. The molecule has 6 nitrogen and oxygen atoms in total. The molecule has 0 unspecified atom stereocenters. The monoisotopic (exact) mass is 517 g/mol. The van der Waals surface area contributed by atoms with Crippen LogP contribution < -0.4 is 5.32 Å². The number of aromatic carboxylic acids is 1. The van der Waals surface area contributed by atoms with Crippen molar-refractivity contribution in [2.45, 2.75) is 13.1 Å². The Kier molecular flexibility index (Phi) is 6.19. The van der Waals surface area contributed by atoms with Gasteiger partial charge in [-0.1, -0.05) is 48.5 Å². The number of nitrogens with one attached hydrogen (secondary N) is 1. The molecule has 0 aliphatic heterocycles. The maximum atomic E-state index is 13.6. The fourth-order valence-electron chi connectivity index (χ4n) is 4.74. The zero-order chi connectivity index (χ0) is 26.1. The van der Waals surface area contributed by atoms with Crippen LogP contribution in [-0.2, 0) is 13.1 Å². The van der Waals surface area contributed by atoms with Gasteiger partial charge in [0.25, 0.3) is 5.91 Å². The molecule has 6 aromatic rings. The van der Waals surface area contributed by atoms with E-state index >= 15 is 0 Å². The van der Waals surface area contributed by atoms with E-state index in [4.69, 9.17) is 5.11 Å². The van der Waals surface area contributed by atoms with Crippen molar-refractivity contribution in [2.24, 2.45) is 0 Å². The number of benzene rings is 4. The fourth-order valence-corrected chi connectivity index (χ4v) is 5.27. The predicted octanol–water partition coefficient (Wildman–Crippen LogP) is 6.59. The molecule has 7 heteroatoms. The Hall–Kier alpha value is -4.75. The van der Waals surface area contributed by atoms with Crippen LogP contribution in [0.4, 0.5) is 0 Å². The third-order valence-electron chi connectivity index (χ3n) is 6.66. The number of carboxylic acids is 1. The van der Waals surface area contributed by atoms with E-state index in [1.807, 2.05) is 41.9 Å². The number of carboxylic acid groups (broad SMARTS) is 1. The lowest BCUT2D eigenvalue weighted by atomic mass is 10.0. The summed E-state index contributed by atoms with van der Waals surface area (Å²) < 4.78 is 6.58. The summed E-state index contributed by atoms with van der Waals surface area (Å²) in [4.78, 5) is 24.7. The van der Waals surface area contributed by atoms with E-state index in [0.29, 0.717) is 12.1 Å². The highest BCUT2D eigenvalue weighted by atomic mass is 32.1. The van der Waals surface area contributed by atoms with Crippen molar-refractivity contribution in [3.05, 3.63) is 125 Å². The van der Waals surface area contributed by atoms with Gasteiger partial charge in [0.2, 0.25) is 0 Å². The molecular weight excluding hydrogens is 494 g/mol. The molecule has 0 fully saturated rings. The molecule has 2 N–H and O–H groups in total. The summed E-state index contributed by atoms with van der Waals surface area (Å²) in [6, 6.07) is 29.2. The van der Waals surface area contributed by atoms with Crippen molar-refractivity contribution in [3.8, 4) is 11.3 Å². The van der Waals surface area contributed by atoms with Crippen LogP contribution in [0.25, 0.3) is 32.9 Å². The van der Waals surface area contributed by atoms with Gasteiger partial charge in [0.1, 0.15) is 0 Å². The summed E-state index contributed by atoms with van der Waals surface area (Å²) >= 11 is 1.38. The normalized spacial score (nSPS) is 11.2. The lowest BCUT2D eigenvalue weighted by Gasteiger charge is -2.13. The van der Waals surface area contributed by atoms with Gasteiger partial charge in [-0.05, 0) is 75.9 Å². The molecule has 2 aromatic heterocycles. The molecule has 0 saturated carbocycles. The molecule has 0 atom stereocenters. The molecule has 0 saturated heterocycles. The number of hydrogen-bond donors (Lipinski definition) is 2. The standard InChI is InChI=1S/C31H23N3O3S/c35-30(32-18-20-5-9-23(10-6-20)31(36)37)27-17-26(28-12-14-38-33-28)16-25-11-13-34(29(25)27)19-21-7-8-22-3-1-2-4-24(22)15-21/h1-17H,18-19H2,(H,32,35)(H,36,37). The van der Waals surface area contributed by atoms with Crippen LogP contribution in [0.2, 0.25) is 0 Å². The van der Waals surface area contributed by atoms with Crippen LogP contribution in [0, 0.1) is 0 Å². The summed E-state index contributed by atoms with van der Waals surface area (Å²) in [6.07, 6.45) is 2.02. The first-order chi connectivity index (χ1) is 18.5. The van der Waals surface area contributed by atoms with Crippen LogP contribution >= 0.6 is 11.5 Å². The smallest absolute Gasteiger partial charge is 0.335 e. The first kappa shape index (κ1) is 23.6. The quantitative estimate of drug-likeness (QED) is 0.250. The van der Waals surface area contributed by atoms with Gasteiger partial charge < -0.3 is 15.0 Å². The number of rotatable bonds is 7. The second-order valence-corrected chi connectivity index (χ2v) is 9.82. The van der Waals surface area contributed by atoms with Gasteiger partial charge in [0, 0.05) is 35.6 Å². The van der Waals surface area contributed by atoms with Crippen molar-refractivity contribution in [3.63, 3.8) is 0 Å².